The molecule has 1 aliphatic rings. The summed E-state index contributed by atoms with van der Waals surface area (Å²) >= 11 is 0. The number of aldehydes is 1. The van der Waals surface area contributed by atoms with Gasteiger partial charge >= 0.3 is 0 Å². The van der Waals surface area contributed by atoms with Gasteiger partial charge in [-0.2, -0.15) is 0 Å². The van der Waals surface area contributed by atoms with E-state index < -0.39 is 0 Å². The van der Waals surface area contributed by atoms with Crippen LogP contribution >= 0.6 is 0 Å². The zero-order valence-corrected chi connectivity index (χ0v) is 9.38. The van der Waals surface area contributed by atoms with Gasteiger partial charge in [-0.05, 0) is 25.2 Å². The van der Waals surface area contributed by atoms with Crippen LogP contribution < -0.4 is 0 Å². The summed E-state index contributed by atoms with van der Waals surface area (Å²) in [6.07, 6.45) is 4.60. The Labute approximate surface area is 86.1 Å². The lowest BCUT2D eigenvalue weighted by Crippen LogP contribution is -2.24. The first-order chi connectivity index (χ1) is 6.51. The third kappa shape index (κ3) is 2.23. The Morgan fingerprint density at radius 3 is 2.57 bits per heavy atom. The lowest BCUT2D eigenvalue weighted by atomic mass is 9.78. The number of carbonyl (C=O) groups is 2. The minimum Gasteiger partial charge on any atom is -0.303 e. The summed E-state index contributed by atoms with van der Waals surface area (Å²) in [6.45, 7) is 5.87. The zero-order chi connectivity index (χ0) is 10.8. The summed E-state index contributed by atoms with van der Waals surface area (Å²) in [5, 5.41) is 0. The van der Waals surface area contributed by atoms with Crippen LogP contribution in [0.15, 0.2) is 0 Å². The van der Waals surface area contributed by atoms with Crippen LogP contribution in [-0.2, 0) is 9.59 Å². The molecule has 1 fully saturated rings. The van der Waals surface area contributed by atoms with Gasteiger partial charge in [-0.3, -0.25) is 4.79 Å². The van der Waals surface area contributed by atoms with Gasteiger partial charge in [-0.25, -0.2) is 0 Å². The van der Waals surface area contributed by atoms with Crippen LogP contribution in [0.4, 0.5) is 0 Å². The van der Waals surface area contributed by atoms with Crippen LogP contribution in [-0.4, -0.2) is 12.1 Å². The predicted molar refractivity (Wildman–Crippen MR) is 56.0 cm³/mol. The highest BCUT2D eigenvalue weighted by atomic mass is 16.1. The number of carbonyl (C=O) groups excluding carboxylic acids is 2. The number of rotatable bonds is 4. The maximum absolute atomic E-state index is 11.5. The van der Waals surface area contributed by atoms with Crippen LogP contribution in [0, 0.1) is 17.3 Å². The lowest BCUT2D eigenvalue weighted by molar-refractivity contribution is -0.123. The first kappa shape index (κ1) is 11.4. The molecule has 14 heavy (non-hydrogen) atoms. The van der Waals surface area contributed by atoms with Crippen LogP contribution in [0.25, 0.3) is 0 Å². The van der Waals surface area contributed by atoms with Gasteiger partial charge in [0.1, 0.15) is 12.1 Å². The Kier molecular flexibility index (Phi) is 3.46. The van der Waals surface area contributed by atoms with E-state index >= 15 is 0 Å². The molecule has 0 heterocycles. The maximum atomic E-state index is 11.5. The lowest BCUT2D eigenvalue weighted by Gasteiger charge is -2.25. The molecule has 1 saturated carbocycles. The topological polar surface area (TPSA) is 34.1 Å². The van der Waals surface area contributed by atoms with E-state index in [9.17, 15) is 9.59 Å². The molecule has 0 N–H and O–H groups in total. The number of ketones is 1. The second-order valence-electron chi connectivity index (χ2n) is 4.97. The van der Waals surface area contributed by atoms with E-state index in [4.69, 9.17) is 0 Å². The normalized spacial score (nSPS) is 27.6. The van der Waals surface area contributed by atoms with Crippen molar-refractivity contribution in [1.29, 1.82) is 0 Å². The highest BCUT2D eigenvalue weighted by Crippen LogP contribution is 2.41. The van der Waals surface area contributed by atoms with Gasteiger partial charge in [0.05, 0.1) is 0 Å². The molecule has 0 radical (unpaired) electrons. The molecule has 2 nitrogen and oxygen atoms in total. The van der Waals surface area contributed by atoms with E-state index in [2.05, 4.69) is 0 Å². The van der Waals surface area contributed by atoms with Crippen molar-refractivity contribution in [1.82, 2.24) is 0 Å². The summed E-state index contributed by atoms with van der Waals surface area (Å²) in [4.78, 5) is 22.4. The number of hydrogen-bond acceptors (Lipinski definition) is 2. The van der Waals surface area contributed by atoms with Crippen molar-refractivity contribution in [3.8, 4) is 0 Å². The van der Waals surface area contributed by atoms with Crippen LogP contribution in [0.1, 0.15) is 46.5 Å². The molecule has 0 unspecified atom stereocenters. The van der Waals surface area contributed by atoms with Gasteiger partial charge in [0.15, 0.2) is 0 Å². The minimum atomic E-state index is -0.247. The van der Waals surface area contributed by atoms with Crippen molar-refractivity contribution in [3.05, 3.63) is 0 Å². The van der Waals surface area contributed by atoms with Crippen molar-refractivity contribution in [3.63, 3.8) is 0 Å². The van der Waals surface area contributed by atoms with E-state index in [0.29, 0.717) is 18.1 Å². The molecular weight excluding hydrogens is 176 g/mol. The SMILES string of the molecule is CCC(=O)[C@H]1CC[C@@H](C(C)(C)C=O)C1. The smallest absolute Gasteiger partial charge is 0.135 e. The molecule has 80 valence electrons. The van der Waals surface area contributed by atoms with E-state index in [-0.39, 0.29) is 11.3 Å². The third-order valence-electron chi connectivity index (χ3n) is 3.59. The molecular formula is C12H20O2. The fraction of sp³-hybridized carbons (Fsp3) is 0.833. The van der Waals surface area contributed by atoms with Gasteiger partial charge in [-0.1, -0.05) is 20.8 Å². The highest BCUT2D eigenvalue weighted by Gasteiger charge is 2.37. The Bertz CT molecular complexity index is 230. The Morgan fingerprint density at radius 2 is 2.07 bits per heavy atom. The second-order valence-corrected chi connectivity index (χ2v) is 4.97. The van der Waals surface area contributed by atoms with E-state index in [1.807, 2.05) is 20.8 Å². The van der Waals surface area contributed by atoms with Crippen LogP contribution in [0.3, 0.4) is 0 Å². The molecule has 0 saturated heterocycles. The average molecular weight is 196 g/mol. The fourth-order valence-electron chi connectivity index (χ4n) is 2.33. The van der Waals surface area contributed by atoms with Crippen molar-refractivity contribution in [2.24, 2.45) is 17.3 Å². The Balaban J connectivity index is 2.57. The summed E-state index contributed by atoms with van der Waals surface area (Å²) in [7, 11) is 0. The summed E-state index contributed by atoms with van der Waals surface area (Å²) in [5.41, 5.74) is -0.247. The third-order valence-corrected chi connectivity index (χ3v) is 3.59. The van der Waals surface area contributed by atoms with Crippen LogP contribution in [0.2, 0.25) is 0 Å². The quantitative estimate of drug-likeness (QED) is 0.648. The van der Waals surface area contributed by atoms with Gasteiger partial charge in [0.2, 0.25) is 0 Å². The van der Waals surface area contributed by atoms with Gasteiger partial charge in [0.25, 0.3) is 0 Å². The van der Waals surface area contributed by atoms with Crippen molar-refractivity contribution in [2.75, 3.05) is 0 Å². The molecule has 0 aliphatic heterocycles. The zero-order valence-electron chi connectivity index (χ0n) is 9.38. The number of hydrogen-bond donors (Lipinski definition) is 0. The number of Topliss-reactive ketones (excluding diaryl/α,β-unsaturated/α-hetero) is 1. The van der Waals surface area contributed by atoms with E-state index in [0.717, 1.165) is 25.5 Å². The van der Waals surface area contributed by atoms with Gasteiger partial charge in [0, 0.05) is 17.8 Å². The van der Waals surface area contributed by atoms with Crippen LogP contribution in [0.5, 0.6) is 0 Å². The second kappa shape index (κ2) is 4.24. The minimum absolute atomic E-state index is 0.226. The molecule has 0 amide bonds. The first-order valence-corrected chi connectivity index (χ1v) is 5.50. The summed E-state index contributed by atoms with van der Waals surface area (Å²) < 4.78 is 0. The molecule has 0 aromatic carbocycles. The Morgan fingerprint density at radius 1 is 1.43 bits per heavy atom. The molecule has 1 rings (SSSR count). The molecule has 0 bridgehead atoms. The summed E-state index contributed by atoms with van der Waals surface area (Å²) in [6, 6.07) is 0. The largest absolute Gasteiger partial charge is 0.303 e. The van der Waals surface area contributed by atoms with Crippen molar-refractivity contribution < 1.29 is 9.59 Å². The van der Waals surface area contributed by atoms with E-state index in [1.54, 1.807) is 0 Å². The first-order valence-electron chi connectivity index (χ1n) is 5.50. The molecule has 2 heteroatoms. The van der Waals surface area contributed by atoms with Gasteiger partial charge < -0.3 is 4.79 Å². The molecule has 2 atom stereocenters. The standard InChI is InChI=1S/C12H20O2/c1-4-11(14)9-5-6-10(7-9)12(2,3)8-13/h8-10H,4-7H2,1-3H3/t9-,10+/m0/s1. The molecule has 1 aliphatic carbocycles. The molecule has 0 aromatic rings. The fourth-order valence-corrected chi connectivity index (χ4v) is 2.33. The monoisotopic (exact) mass is 196 g/mol. The average Bonchev–Trinajstić information content (AvgIpc) is 2.66. The predicted octanol–water partition coefficient (Wildman–Crippen LogP) is 2.61. The van der Waals surface area contributed by atoms with Crippen molar-refractivity contribution >= 4 is 12.1 Å². The molecule has 0 aromatic heterocycles. The van der Waals surface area contributed by atoms with Crippen molar-refractivity contribution in [2.45, 2.75) is 46.5 Å². The van der Waals surface area contributed by atoms with E-state index in [1.165, 1.54) is 0 Å². The van der Waals surface area contributed by atoms with Gasteiger partial charge in [-0.15, -0.1) is 0 Å². The molecule has 0 spiro atoms. The summed E-state index contributed by atoms with van der Waals surface area (Å²) in [5.74, 6) is 0.999. The Hall–Kier alpha value is -0.660. The highest BCUT2D eigenvalue weighted by molar-refractivity contribution is 5.81. The maximum Gasteiger partial charge on any atom is 0.135 e.